The fraction of sp³-hybridized carbons (Fsp3) is 0.455. The molecule has 0 saturated carbocycles. The third-order valence-electron chi connectivity index (χ3n) is 5.83. The number of para-hydroxylation sites is 1. The normalized spacial score (nSPS) is 20.0. The zero-order valence-electron chi connectivity index (χ0n) is 17.3. The maximum absolute atomic E-state index is 13.2. The highest BCUT2D eigenvalue weighted by molar-refractivity contribution is 5.85. The Morgan fingerprint density at radius 2 is 2.07 bits per heavy atom. The maximum Gasteiger partial charge on any atom is 0.225 e. The predicted octanol–water partition coefficient (Wildman–Crippen LogP) is 3.71. The number of carbonyl (C=O) groups excluding carboxylic acids is 1. The summed E-state index contributed by atoms with van der Waals surface area (Å²) in [7, 11) is 1.90. The number of aromatic nitrogens is 2. The van der Waals surface area contributed by atoms with Crippen molar-refractivity contribution >= 4 is 29.3 Å². The lowest BCUT2D eigenvalue weighted by Crippen LogP contribution is -2.38. The summed E-state index contributed by atoms with van der Waals surface area (Å²) in [6.07, 6.45) is 3.86. The number of fused-ring (bicyclic) bond motifs is 1. The summed E-state index contributed by atoms with van der Waals surface area (Å²) < 4.78 is 7.95. The van der Waals surface area contributed by atoms with Gasteiger partial charge in [0, 0.05) is 43.2 Å². The van der Waals surface area contributed by atoms with Crippen LogP contribution in [0.2, 0.25) is 0 Å². The van der Waals surface area contributed by atoms with Crippen LogP contribution in [0.15, 0.2) is 41.1 Å². The summed E-state index contributed by atoms with van der Waals surface area (Å²) in [6.45, 7) is 7.76. The molecular formula is C22H29ClN4O2. The van der Waals surface area contributed by atoms with Crippen molar-refractivity contribution in [3.05, 3.63) is 53.5 Å². The number of hydrogen-bond acceptors (Lipinski definition) is 4. The first-order valence-electron chi connectivity index (χ1n) is 9.93. The van der Waals surface area contributed by atoms with E-state index in [0.717, 1.165) is 34.4 Å². The minimum Gasteiger partial charge on any atom is -0.459 e. The summed E-state index contributed by atoms with van der Waals surface area (Å²) in [5.41, 5.74) is 3.07. The SMILES string of the molecule is Cc1c(C(NC(=O)[C@H]2CNC[C@@H]2c2cnn(C)c2)C(C)C)oc2ccccc12.Cl. The number of rotatable bonds is 5. The molecule has 1 fully saturated rings. The zero-order chi connectivity index (χ0) is 19.8. The number of nitrogens with one attached hydrogen (secondary N) is 2. The third-order valence-corrected chi connectivity index (χ3v) is 5.83. The molecule has 4 rings (SSSR count). The minimum absolute atomic E-state index is 0. The van der Waals surface area contributed by atoms with Crippen LogP contribution in [0.4, 0.5) is 0 Å². The molecule has 1 unspecified atom stereocenters. The molecule has 0 radical (unpaired) electrons. The number of halogens is 1. The van der Waals surface area contributed by atoms with Gasteiger partial charge in [0.15, 0.2) is 0 Å². The van der Waals surface area contributed by atoms with Crippen molar-refractivity contribution in [3.8, 4) is 0 Å². The van der Waals surface area contributed by atoms with Crippen LogP contribution in [0.3, 0.4) is 0 Å². The molecule has 1 amide bonds. The highest BCUT2D eigenvalue weighted by Gasteiger charge is 2.36. The van der Waals surface area contributed by atoms with Crippen molar-refractivity contribution in [3.63, 3.8) is 0 Å². The number of amides is 1. The zero-order valence-corrected chi connectivity index (χ0v) is 18.1. The van der Waals surface area contributed by atoms with Crippen molar-refractivity contribution in [1.82, 2.24) is 20.4 Å². The van der Waals surface area contributed by atoms with Gasteiger partial charge in [-0.1, -0.05) is 32.0 Å². The van der Waals surface area contributed by atoms with Crippen molar-refractivity contribution in [2.24, 2.45) is 18.9 Å². The molecule has 1 aromatic carbocycles. The Kier molecular flexibility index (Phi) is 6.34. The molecule has 1 aliphatic heterocycles. The Morgan fingerprint density at radius 3 is 2.72 bits per heavy atom. The van der Waals surface area contributed by atoms with Gasteiger partial charge in [-0.05, 0) is 24.5 Å². The van der Waals surface area contributed by atoms with Gasteiger partial charge in [-0.2, -0.15) is 5.10 Å². The van der Waals surface area contributed by atoms with E-state index in [1.165, 1.54) is 0 Å². The van der Waals surface area contributed by atoms with Gasteiger partial charge in [-0.25, -0.2) is 0 Å². The number of aryl methyl sites for hydroxylation is 2. The van der Waals surface area contributed by atoms with Crippen molar-refractivity contribution in [2.75, 3.05) is 13.1 Å². The van der Waals surface area contributed by atoms with Gasteiger partial charge in [0.05, 0.1) is 18.2 Å². The predicted molar refractivity (Wildman–Crippen MR) is 116 cm³/mol. The molecule has 0 aliphatic carbocycles. The Bertz CT molecular complexity index is 994. The van der Waals surface area contributed by atoms with Gasteiger partial charge in [-0.15, -0.1) is 12.4 Å². The van der Waals surface area contributed by atoms with E-state index < -0.39 is 0 Å². The van der Waals surface area contributed by atoms with E-state index in [9.17, 15) is 4.79 Å². The third kappa shape index (κ3) is 4.05. The maximum atomic E-state index is 13.2. The van der Waals surface area contributed by atoms with Crippen LogP contribution in [-0.4, -0.2) is 28.8 Å². The van der Waals surface area contributed by atoms with Crippen LogP contribution >= 0.6 is 12.4 Å². The fourth-order valence-electron chi connectivity index (χ4n) is 4.22. The quantitative estimate of drug-likeness (QED) is 0.665. The number of carbonyl (C=O) groups is 1. The largest absolute Gasteiger partial charge is 0.459 e. The molecule has 7 heteroatoms. The van der Waals surface area contributed by atoms with Crippen LogP contribution in [0.25, 0.3) is 11.0 Å². The van der Waals surface area contributed by atoms with Gasteiger partial charge in [0.25, 0.3) is 0 Å². The number of furan rings is 1. The van der Waals surface area contributed by atoms with Gasteiger partial charge in [-0.3, -0.25) is 9.48 Å². The van der Waals surface area contributed by atoms with Crippen LogP contribution in [0.1, 0.15) is 42.7 Å². The van der Waals surface area contributed by atoms with Crippen molar-refractivity contribution in [2.45, 2.75) is 32.7 Å². The number of nitrogens with zero attached hydrogens (tertiary/aromatic N) is 2. The molecule has 156 valence electrons. The Hall–Kier alpha value is -2.31. The lowest BCUT2D eigenvalue weighted by molar-refractivity contribution is -0.126. The second-order valence-corrected chi connectivity index (χ2v) is 8.14. The molecule has 1 saturated heterocycles. The molecule has 1 aliphatic rings. The molecule has 0 bridgehead atoms. The van der Waals surface area contributed by atoms with Gasteiger partial charge < -0.3 is 15.1 Å². The molecule has 3 aromatic rings. The molecule has 2 N–H and O–H groups in total. The fourth-order valence-corrected chi connectivity index (χ4v) is 4.22. The Morgan fingerprint density at radius 1 is 1.31 bits per heavy atom. The summed E-state index contributed by atoms with van der Waals surface area (Å²) in [5.74, 6) is 1.16. The van der Waals surface area contributed by atoms with Gasteiger partial charge in [0.1, 0.15) is 11.3 Å². The summed E-state index contributed by atoms with van der Waals surface area (Å²) >= 11 is 0. The lowest BCUT2D eigenvalue weighted by atomic mass is 9.89. The van der Waals surface area contributed by atoms with Gasteiger partial charge in [0.2, 0.25) is 5.91 Å². The van der Waals surface area contributed by atoms with E-state index in [2.05, 4.69) is 42.6 Å². The topological polar surface area (TPSA) is 72.1 Å². The monoisotopic (exact) mass is 416 g/mol. The first-order valence-corrected chi connectivity index (χ1v) is 9.93. The summed E-state index contributed by atoms with van der Waals surface area (Å²) in [6, 6.07) is 7.87. The van der Waals surface area contributed by atoms with Crippen LogP contribution in [0.5, 0.6) is 0 Å². The van der Waals surface area contributed by atoms with E-state index in [1.54, 1.807) is 4.68 Å². The smallest absolute Gasteiger partial charge is 0.225 e. The molecule has 6 nitrogen and oxygen atoms in total. The van der Waals surface area contributed by atoms with Crippen molar-refractivity contribution < 1.29 is 9.21 Å². The molecule has 3 heterocycles. The Balaban J connectivity index is 0.00000240. The highest BCUT2D eigenvalue weighted by Crippen LogP contribution is 2.34. The molecule has 3 atom stereocenters. The standard InChI is InChI=1S/C22H28N4O2.ClH/c1-13(2)20(21-14(3)16-7-5-6-8-19(16)28-21)25-22(27)18-11-23-10-17(18)15-9-24-26(4)12-15;/h5-9,12-13,17-18,20,23H,10-11H2,1-4H3,(H,25,27);1H/t17-,18+,20?;/m1./s1. The van der Waals surface area contributed by atoms with Gasteiger partial charge >= 0.3 is 0 Å². The molecule has 29 heavy (non-hydrogen) atoms. The number of benzene rings is 1. The first-order chi connectivity index (χ1) is 13.5. The average molecular weight is 417 g/mol. The molecule has 0 spiro atoms. The van der Waals surface area contributed by atoms with E-state index in [1.807, 2.05) is 37.6 Å². The molecule has 2 aromatic heterocycles. The van der Waals surface area contributed by atoms with Crippen molar-refractivity contribution in [1.29, 1.82) is 0 Å². The highest BCUT2D eigenvalue weighted by atomic mass is 35.5. The Labute approximate surface area is 177 Å². The van der Waals surface area contributed by atoms with Crippen LogP contribution in [-0.2, 0) is 11.8 Å². The lowest BCUT2D eigenvalue weighted by Gasteiger charge is -2.25. The van der Waals surface area contributed by atoms with E-state index in [-0.39, 0.29) is 42.1 Å². The number of hydrogen-bond donors (Lipinski definition) is 2. The molecular weight excluding hydrogens is 388 g/mol. The van der Waals surface area contributed by atoms with Crippen LogP contribution in [0, 0.1) is 18.8 Å². The average Bonchev–Trinajstić information content (AvgIpc) is 3.38. The second kappa shape index (κ2) is 8.59. The summed E-state index contributed by atoms with van der Waals surface area (Å²) in [4.78, 5) is 13.2. The van der Waals surface area contributed by atoms with E-state index >= 15 is 0 Å². The van der Waals surface area contributed by atoms with Crippen LogP contribution < -0.4 is 10.6 Å². The van der Waals surface area contributed by atoms with E-state index in [4.69, 9.17) is 4.42 Å². The second-order valence-electron chi connectivity index (χ2n) is 8.14. The van der Waals surface area contributed by atoms with E-state index in [0.29, 0.717) is 6.54 Å². The first kappa shape index (κ1) is 21.4. The summed E-state index contributed by atoms with van der Waals surface area (Å²) in [5, 5.41) is 12.0. The minimum atomic E-state index is -0.157.